The molecule has 2 fully saturated rings. The van der Waals surface area contributed by atoms with Crippen molar-refractivity contribution in [2.45, 2.75) is 31.0 Å². The van der Waals surface area contributed by atoms with E-state index in [1.807, 2.05) is 30.5 Å². The van der Waals surface area contributed by atoms with E-state index in [2.05, 4.69) is 28.5 Å². The molecule has 1 aliphatic carbocycles. The van der Waals surface area contributed by atoms with Gasteiger partial charge in [-0.25, -0.2) is 0 Å². The maximum absolute atomic E-state index is 6.44. The van der Waals surface area contributed by atoms with Gasteiger partial charge in [-0.05, 0) is 42.5 Å². The minimum atomic E-state index is -0.191. The van der Waals surface area contributed by atoms with Crippen molar-refractivity contribution < 1.29 is 9.47 Å². The molecule has 4 nitrogen and oxygen atoms in total. The molecule has 1 saturated heterocycles. The Hall–Kier alpha value is -1.91. The topological polar surface area (TPSA) is 43.4 Å². The number of aromatic nitrogens is 1. The summed E-state index contributed by atoms with van der Waals surface area (Å²) in [4.78, 5) is 4.51. The fraction of sp³-hybridized carbons (Fsp3) is 0.421. The van der Waals surface area contributed by atoms with Gasteiger partial charge in [0.1, 0.15) is 11.9 Å². The average molecular weight is 310 g/mol. The summed E-state index contributed by atoms with van der Waals surface area (Å²) in [6, 6.07) is 14.3. The third-order valence-electron chi connectivity index (χ3n) is 4.46. The van der Waals surface area contributed by atoms with E-state index in [-0.39, 0.29) is 12.2 Å². The zero-order chi connectivity index (χ0) is 15.5. The van der Waals surface area contributed by atoms with Crippen molar-refractivity contribution in [1.29, 1.82) is 0 Å². The molecule has 1 N–H and O–H groups in total. The lowest BCUT2D eigenvalue weighted by molar-refractivity contribution is -0.0449. The van der Waals surface area contributed by atoms with E-state index in [0.717, 1.165) is 24.5 Å². The number of rotatable bonds is 5. The molecule has 0 unspecified atom stereocenters. The highest BCUT2D eigenvalue weighted by Crippen LogP contribution is 2.45. The van der Waals surface area contributed by atoms with E-state index in [4.69, 9.17) is 9.47 Å². The molecule has 1 aromatic heterocycles. The molecule has 0 radical (unpaired) electrons. The molecule has 1 aromatic carbocycles. The number of pyridine rings is 1. The maximum Gasteiger partial charge on any atom is 0.168 e. The normalized spacial score (nSPS) is 22.5. The molecule has 4 rings (SSSR count). The van der Waals surface area contributed by atoms with E-state index < -0.39 is 0 Å². The summed E-state index contributed by atoms with van der Waals surface area (Å²) >= 11 is 0. The smallest absolute Gasteiger partial charge is 0.168 e. The van der Waals surface area contributed by atoms with Crippen LogP contribution in [0.15, 0.2) is 48.7 Å². The fourth-order valence-electron chi connectivity index (χ4n) is 3.11. The van der Waals surface area contributed by atoms with Gasteiger partial charge in [0, 0.05) is 19.3 Å². The van der Waals surface area contributed by atoms with Crippen LogP contribution in [0.3, 0.4) is 0 Å². The molecule has 120 valence electrons. The van der Waals surface area contributed by atoms with Gasteiger partial charge in [0.15, 0.2) is 6.10 Å². The van der Waals surface area contributed by atoms with Gasteiger partial charge in [-0.2, -0.15) is 0 Å². The Labute approximate surface area is 136 Å². The van der Waals surface area contributed by atoms with Crippen LogP contribution in [0.25, 0.3) is 0 Å². The van der Waals surface area contributed by atoms with E-state index in [9.17, 15) is 0 Å². The second-order valence-corrected chi connectivity index (χ2v) is 6.22. The van der Waals surface area contributed by atoms with Crippen LogP contribution in [0.2, 0.25) is 0 Å². The predicted molar refractivity (Wildman–Crippen MR) is 88.6 cm³/mol. The quantitative estimate of drug-likeness (QED) is 0.922. The Bertz CT molecular complexity index is 637. The third kappa shape index (κ3) is 3.38. The summed E-state index contributed by atoms with van der Waals surface area (Å²) in [7, 11) is 0. The van der Waals surface area contributed by atoms with Crippen LogP contribution in [0.5, 0.6) is 5.75 Å². The molecule has 4 heteroatoms. The van der Waals surface area contributed by atoms with Gasteiger partial charge in [0.25, 0.3) is 0 Å². The molecule has 0 spiro atoms. The SMILES string of the molecule is c1ccc([C@H](Oc2ccccc2C2CC2)[C@@H]2CNCCO2)nc1. The number of ether oxygens (including phenoxy) is 2. The monoisotopic (exact) mass is 310 g/mol. The molecule has 2 aromatic rings. The summed E-state index contributed by atoms with van der Waals surface area (Å²) in [5, 5.41) is 3.39. The lowest BCUT2D eigenvalue weighted by Crippen LogP contribution is -2.43. The molecule has 2 aliphatic rings. The van der Waals surface area contributed by atoms with Crippen LogP contribution in [0.1, 0.15) is 36.1 Å². The highest BCUT2D eigenvalue weighted by molar-refractivity contribution is 5.39. The van der Waals surface area contributed by atoms with Gasteiger partial charge < -0.3 is 14.8 Å². The zero-order valence-electron chi connectivity index (χ0n) is 13.2. The standard InChI is InChI=1S/C19H22N2O2/c1-2-7-17(15(5-1)14-8-9-14)23-19(16-6-3-4-10-21-16)18-13-20-11-12-22-18/h1-7,10,14,18-20H,8-9,11-13H2/t18-,19-/m0/s1. The predicted octanol–water partition coefficient (Wildman–Crippen LogP) is 3.07. The number of para-hydroxylation sites is 1. The molecule has 23 heavy (non-hydrogen) atoms. The second kappa shape index (κ2) is 6.69. The molecular formula is C19H22N2O2. The molecule has 2 heterocycles. The summed E-state index contributed by atoms with van der Waals surface area (Å²) in [5.74, 6) is 1.63. The molecular weight excluding hydrogens is 288 g/mol. The van der Waals surface area contributed by atoms with Crippen LogP contribution in [-0.2, 0) is 4.74 Å². The van der Waals surface area contributed by atoms with Crippen molar-refractivity contribution in [3.05, 3.63) is 59.9 Å². The Morgan fingerprint density at radius 3 is 2.74 bits per heavy atom. The first kappa shape index (κ1) is 14.7. The van der Waals surface area contributed by atoms with E-state index in [1.54, 1.807) is 0 Å². The number of hydrogen-bond acceptors (Lipinski definition) is 4. The van der Waals surface area contributed by atoms with Crippen molar-refractivity contribution in [2.24, 2.45) is 0 Å². The maximum atomic E-state index is 6.44. The number of nitrogens with zero attached hydrogens (tertiary/aromatic N) is 1. The first-order chi connectivity index (χ1) is 11.4. The number of benzene rings is 1. The summed E-state index contributed by atoms with van der Waals surface area (Å²) in [6.45, 7) is 2.39. The second-order valence-electron chi connectivity index (χ2n) is 6.22. The van der Waals surface area contributed by atoms with E-state index in [1.165, 1.54) is 18.4 Å². The fourth-order valence-corrected chi connectivity index (χ4v) is 3.11. The van der Waals surface area contributed by atoms with Gasteiger partial charge in [-0.15, -0.1) is 0 Å². The summed E-state index contributed by atoms with van der Waals surface area (Å²) in [6.07, 6.45) is 4.12. The first-order valence-corrected chi connectivity index (χ1v) is 8.40. The van der Waals surface area contributed by atoms with Crippen molar-refractivity contribution in [2.75, 3.05) is 19.7 Å². The van der Waals surface area contributed by atoms with E-state index in [0.29, 0.717) is 12.5 Å². The molecule has 0 amide bonds. The third-order valence-corrected chi connectivity index (χ3v) is 4.46. The van der Waals surface area contributed by atoms with Gasteiger partial charge in [-0.3, -0.25) is 4.98 Å². The molecule has 2 atom stereocenters. The molecule has 1 aliphatic heterocycles. The van der Waals surface area contributed by atoms with Crippen LogP contribution in [-0.4, -0.2) is 30.8 Å². The highest BCUT2D eigenvalue weighted by Gasteiger charge is 2.32. The minimum absolute atomic E-state index is 0.0223. The summed E-state index contributed by atoms with van der Waals surface area (Å²) in [5.41, 5.74) is 2.24. The van der Waals surface area contributed by atoms with Crippen LogP contribution >= 0.6 is 0 Å². The Kier molecular flexibility index (Phi) is 4.26. The van der Waals surface area contributed by atoms with Crippen LogP contribution in [0.4, 0.5) is 0 Å². The van der Waals surface area contributed by atoms with Gasteiger partial charge in [0.2, 0.25) is 0 Å². The van der Waals surface area contributed by atoms with Crippen molar-refractivity contribution >= 4 is 0 Å². The number of nitrogens with one attached hydrogen (secondary N) is 1. The van der Waals surface area contributed by atoms with Crippen LogP contribution in [0, 0.1) is 0 Å². The van der Waals surface area contributed by atoms with Crippen molar-refractivity contribution in [3.63, 3.8) is 0 Å². The van der Waals surface area contributed by atoms with Crippen molar-refractivity contribution in [3.8, 4) is 5.75 Å². The Balaban J connectivity index is 1.63. The zero-order valence-corrected chi connectivity index (χ0v) is 13.2. The molecule has 1 saturated carbocycles. The van der Waals surface area contributed by atoms with Crippen molar-refractivity contribution in [1.82, 2.24) is 10.3 Å². The van der Waals surface area contributed by atoms with Gasteiger partial charge >= 0.3 is 0 Å². The lowest BCUT2D eigenvalue weighted by atomic mass is 10.1. The Morgan fingerprint density at radius 1 is 1.13 bits per heavy atom. The number of morpholine rings is 1. The Morgan fingerprint density at radius 2 is 2.00 bits per heavy atom. The van der Waals surface area contributed by atoms with Gasteiger partial charge in [0.05, 0.1) is 12.3 Å². The first-order valence-electron chi connectivity index (χ1n) is 8.40. The summed E-state index contributed by atoms with van der Waals surface area (Å²) < 4.78 is 12.4. The minimum Gasteiger partial charge on any atom is -0.481 e. The van der Waals surface area contributed by atoms with Crippen LogP contribution < -0.4 is 10.1 Å². The van der Waals surface area contributed by atoms with E-state index >= 15 is 0 Å². The molecule has 0 bridgehead atoms. The number of hydrogen-bond donors (Lipinski definition) is 1. The lowest BCUT2D eigenvalue weighted by Gasteiger charge is -2.31. The largest absolute Gasteiger partial charge is 0.481 e. The van der Waals surface area contributed by atoms with Gasteiger partial charge in [-0.1, -0.05) is 24.3 Å². The highest BCUT2D eigenvalue weighted by atomic mass is 16.5. The average Bonchev–Trinajstić information content (AvgIpc) is 3.46.